The van der Waals surface area contributed by atoms with E-state index in [4.69, 9.17) is 11.6 Å². The molecule has 0 bridgehead atoms. The molecule has 1 heterocycles. The van der Waals surface area contributed by atoms with Gasteiger partial charge < -0.3 is 0 Å². The standard InChI is InChI=1S/C24BF20.C11H10ClN2/c26-5-1(6(27)14(35)21(42)13(5)34)25(2-7(28)15(36)22(43)16(37)8(2)29,3-9(30)17(38)23(44)18(39)10(3)31)4-11(32)19(40)24(45)20(41)12(4)33;12-11-8-13-6-7-14(11)9-10-4-2-1-3-5-10/h;1-8H,9H2/q-1;+1. The fourth-order valence-electron chi connectivity index (χ4n) is 6.15. The molecule has 0 N–H and O–H groups in total. The molecule has 0 saturated heterocycles. The molecule has 0 radical (unpaired) electrons. The van der Waals surface area contributed by atoms with Gasteiger partial charge in [0.2, 0.25) is 0 Å². The van der Waals surface area contributed by atoms with Gasteiger partial charge in [-0.15, -0.1) is 21.9 Å². The van der Waals surface area contributed by atoms with Crippen LogP contribution in [0, 0.1) is 116 Å². The number of halogens is 21. The van der Waals surface area contributed by atoms with E-state index in [9.17, 15) is 52.7 Å². The van der Waals surface area contributed by atoms with E-state index >= 15 is 35.1 Å². The molecule has 0 atom stereocenters. The van der Waals surface area contributed by atoms with Gasteiger partial charge in [-0.05, 0) is 11.6 Å². The fraction of sp³-hybridized carbons (Fsp3) is 0.0286. The second-order valence-corrected chi connectivity index (χ2v) is 12.2. The number of benzene rings is 5. The third-order valence-corrected chi connectivity index (χ3v) is 9.01. The summed E-state index contributed by atoms with van der Waals surface area (Å²) in [5.41, 5.74) is -13.1. The average Bonchev–Trinajstić information content (AvgIpc) is 3.22. The molecule has 0 aliphatic heterocycles. The van der Waals surface area contributed by atoms with Crippen molar-refractivity contribution in [3.8, 4) is 0 Å². The minimum Gasteiger partial charge on any atom is -0.250 e. The first kappa shape index (κ1) is 44.2. The van der Waals surface area contributed by atoms with E-state index in [1.165, 1.54) is 5.56 Å². The van der Waals surface area contributed by atoms with E-state index in [0.29, 0.717) is 5.15 Å². The summed E-state index contributed by atoms with van der Waals surface area (Å²) in [5, 5.41) is 0.649. The van der Waals surface area contributed by atoms with Crippen molar-refractivity contribution in [3.05, 3.63) is 176 Å². The van der Waals surface area contributed by atoms with E-state index in [-0.39, 0.29) is 0 Å². The summed E-state index contributed by atoms with van der Waals surface area (Å²) in [5.74, 6) is -71.4. The van der Waals surface area contributed by atoms with E-state index in [2.05, 4.69) is 17.1 Å². The Morgan fingerprint density at radius 1 is 0.390 bits per heavy atom. The minimum atomic E-state index is -7.22. The maximum absolute atomic E-state index is 15.4. The van der Waals surface area contributed by atoms with Gasteiger partial charge in [0.15, 0.2) is 82.5 Å². The second-order valence-electron chi connectivity index (χ2n) is 11.8. The summed E-state index contributed by atoms with van der Waals surface area (Å²) in [6.07, 6.45) is -1.97. The Morgan fingerprint density at radius 3 is 0.898 bits per heavy atom. The molecule has 0 amide bonds. The summed E-state index contributed by atoms with van der Waals surface area (Å²) < 4.78 is 296. The molecule has 24 heteroatoms. The molecule has 0 aliphatic carbocycles. The predicted molar refractivity (Wildman–Crippen MR) is 164 cm³/mol. The molecular weight excluding hydrogens is 875 g/mol. The van der Waals surface area contributed by atoms with Crippen LogP contribution in [0.4, 0.5) is 87.8 Å². The lowest BCUT2D eigenvalue weighted by Gasteiger charge is -2.44. The molecule has 5 aromatic carbocycles. The minimum absolute atomic E-state index is 0.649. The Labute approximate surface area is 319 Å². The zero-order valence-corrected chi connectivity index (χ0v) is 28.5. The van der Waals surface area contributed by atoms with Crippen molar-refractivity contribution in [2.45, 2.75) is 6.54 Å². The predicted octanol–water partition coefficient (Wildman–Crippen LogP) is 7.92. The SMILES string of the molecule is Clc1cncc[n+]1Cc1ccccc1.Fc1c(F)c(F)c([B-](c2c(F)c(F)c(F)c(F)c2F)(c2c(F)c(F)c(F)c(F)c2F)c2c(F)c(F)c(F)c(F)c2F)c(F)c1F. The molecule has 310 valence electrons. The Morgan fingerprint density at radius 2 is 0.644 bits per heavy atom. The summed E-state index contributed by atoms with van der Waals surface area (Å²) in [4.78, 5) is 3.93. The highest BCUT2D eigenvalue weighted by molar-refractivity contribution is 7.20. The first-order valence-electron chi connectivity index (χ1n) is 15.3. The second kappa shape index (κ2) is 16.4. The number of aromatic nitrogens is 2. The van der Waals surface area contributed by atoms with Gasteiger partial charge in [-0.3, -0.25) is 4.98 Å². The fourth-order valence-corrected chi connectivity index (χ4v) is 6.32. The van der Waals surface area contributed by atoms with E-state index in [1.807, 2.05) is 29.0 Å². The van der Waals surface area contributed by atoms with Gasteiger partial charge in [0.05, 0.1) is 6.20 Å². The quantitative estimate of drug-likeness (QED) is 0.0547. The first-order valence-corrected chi connectivity index (χ1v) is 15.7. The van der Waals surface area contributed by atoms with Gasteiger partial charge in [-0.25, -0.2) is 87.8 Å². The molecule has 0 fully saturated rings. The Balaban J connectivity index is 0.000000395. The summed E-state index contributed by atoms with van der Waals surface area (Å²) in [6.45, 7) is 0.780. The van der Waals surface area contributed by atoms with Crippen molar-refractivity contribution in [2.24, 2.45) is 0 Å². The lowest BCUT2D eigenvalue weighted by atomic mass is 9.12. The highest BCUT2D eigenvalue weighted by Crippen LogP contribution is 2.30. The molecule has 6 aromatic rings. The van der Waals surface area contributed by atoms with Crippen LogP contribution in [0.25, 0.3) is 0 Å². The Bertz CT molecular complexity index is 2280. The van der Waals surface area contributed by atoms with Crippen LogP contribution in [0.5, 0.6) is 0 Å². The Hall–Kier alpha value is -5.87. The molecule has 0 unspecified atom stereocenters. The maximum Gasteiger partial charge on any atom is 0.293 e. The molecule has 6 rings (SSSR count). The van der Waals surface area contributed by atoms with Crippen molar-refractivity contribution >= 4 is 39.6 Å². The van der Waals surface area contributed by atoms with Crippen LogP contribution in [0.3, 0.4) is 0 Å². The molecular formula is C35H10BClF20N2. The van der Waals surface area contributed by atoms with Crippen molar-refractivity contribution in [1.29, 1.82) is 0 Å². The van der Waals surface area contributed by atoms with Crippen LogP contribution >= 0.6 is 11.6 Å². The van der Waals surface area contributed by atoms with Crippen molar-refractivity contribution in [1.82, 2.24) is 4.98 Å². The Kier molecular flexibility index (Phi) is 12.3. The third-order valence-electron chi connectivity index (χ3n) is 8.69. The highest BCUT2D eigenvalue weighted by atomic mass is 35.5. The lowest BCUT2D eigenvalue weighted by Crippen LogP contribution is -2.81. The molecule has 0 aliphatic rings. The number of rotatable bonds is 6. The van der Waals surface area contributed by atoms with Crippen LogP contribution < -0.4 is 26.4 Å². The summed E-state index contributed by atoms with van der Waals surface area (Å²) in [7, 11) is 0. The summed E-state index contributed by atoms with van der Waals surface area (Å²) >= 11 is 5.97. The van der Waals surface area contributed by atoms with Crippen molar-refractivity contribution in [2.75, 3.05) is 0 Å². The smallest absolute Gasteiger partial charge is 0.250 e. The summed E-state index contributed by atoms with van der Waals surface area (Å²) in [6, 6.07) is 10.2. The zero-order chi connectivity index (χ0) is 44.2. The van der Waals surface area contributed by atoms with Gasteiger partial charge in [-0.2, -0.15) is 4.57 Å². The normalized spacial score (nSPS) is 11.5. The maximum atomic E-state index is 15.4. The topological polar surface area (TPSA) is 16.8 Å². The van der Waals surface area contributed by atoms with Gasteiger partial charge in [0.25, 0.3) is 5.15 Å². The number of hydrogen-bond acceptors (Lipinski definition) is 1. The monoisotopic (exact) mass is 884 g/mol. The van der Waals surface area contributed by atoms with Gasteiger partial charge in [-0.1, -0.05) is 30.3 Å². The van der Waals surface area contributed by atoms with E-state index < -0.39 is 144 Å². The molecule has 0 saturated carbocycles. The molecule has 0 spiro atoms. The van der Waals surface area contributed by atoms with Crippen molar-refractivity contribution in [3.63, 3.8) is 0 Å². The van der Waals surface area contributed by atoms with Crippen LogP contribution in [0.1, 0.15) is 5.56 Å². The lowest BCUT2D eigenvalue weighted by molar-refractivity contribution is -0.686. The average molecular weight is 885 g/mol. The van der Waals surface area contributed by atoms with Crippen molar-refractivity contribution < 1.29 is 92.4 Å². The van der Waals surface area contributed by atoms with E-state index in [0.717, 1.165) is 6.54 Å². The van der Waals surface area contributed by atoms with Crippen LogP contribution in [0.15, 0.2) is 48.9 Å². The van der Waals surface area contributed by atoms with Gasteiger partial charge in [0, 0.05) is 5.56 Å². The van der Waals surface area contributed by atoms with E-state index in [1.54, 1.807) is 12.4 Å². The third kappa shape index (κ3) is 6.97. The van der Waals surface area contributed by atoms with Crippen LogP contribution in [0.2, 0.25) is 5.15 Å². The highest BCUT2D eigenvalue weighted by Gasteiger charge is 2.52. The zero-order valence-electron chi connectivity index (χ0n) is 27.7. The van der Waals surface area contributed by atoms with Crippen LogP contribution in [-0.2, 0) is 6.54 Å². The van der Waals surface area contributed by atoms with Crippen LogP contribution in [-0.4, -0.2) is 11.1 Å². The number of nitrogens with zero attached hydrogens (tertiary/aromatic N) is 2. The van der Waals surface area contributed by atoms with Gasteiger partial charge >= 0.3 is 0 Å². The first-order chi connectivity index (χ1) is 27.6. The van der Waals surface area contributed by atoms with Gasteiger partial charge in [0.1, 0.15) is 58.9 Å². The molecule has 59 heavy (non-hydrogen) atoms. The number of hydrogen-bond donors (Lipinski definition) is 0. The molecule has 2 nitrogen and oxygen atoms in total. The largest absolute Gasteiger partial charge is 0.293 e. The molecule has 1 aromatic heterocycles.